The monoisotopic (exact) mass is 1880 g/mol. The Labute approximate surface area is 802 Å². The number of carbonyl (C=O) groups excluding carboxylic acids is 5. The molecule has 17 fully saturated rings. The molecule has 754 valence electrons. The number of nitrogens with zero attached hydrogens (tertiary/aromatic N) is 6. The van der Waals surface area contributed by atoms with Gasteiger partial charge >= 0.3 is 12.3 Å². The first-order valence-corrected chi connectivity index (χ1v) is 51.2. The van der Waals surface area contributed by atoms with E-state index in [-0.39, 0.29) is 46.9 Å². The van der Waals surface area contributed by atoms with Gasteiger partial charge in [-0.2, -0.15) is 5.10 Å². The van der Waals surface area contributed by atoms with Crippen LogP contribution in [0.1, 0.15) is 344 Å². The maximum atomic E-state index is 13.0. The fraction of sp³-hybridized carbons (Fsp3) is 0.748. The summed E-state index contributed by atoms with van der Waals surface area (Å²) in [4.78, 5) is 75.8. The standard InChI is InChI=1S/C11H11F3O.C10H12.C9H11N.C8H12N2.C7H13F.C7H10N2.C7H13NO.C7H12.C7H14.C6H10O2.2C6H10O.C5H8F2.C5H10NO.C5H9NO.C5H10O/c1-7-6-10(7)8-2-4-9(5-3-8)15-11(12,13)14;1-8-7-10(8)9-5-3-2-4-6-9;1-7-5-9(7)8-3-2-4-10-6-8;1-6-3-8(6)7-4-9-10(2)5-7;1-6(2,3)7(8)4-5-7;1-5-2-6(5)7-3-8-4-9-7;1-5-4-6(5)7(9)8(2)3;1-5-4-7(5)6-2-3-6;1-3-4-7-5-6(7)2;1-4-3-5(4)6(7)8-2;2*1-4-3-6(4)5(2)7;1-3-2-4(3)5(6)7;1-4-3-5(4)6(2)7;1-3-2-4(3)5(6)7;1-4-2-5(6)3-4/h2-5,7,10H,6H2,1H3;2-6,8,10H,7H2,1H3;2-4,6-7,9H,5H2,1H3;4-6,8H,3H2,1-2H3;4-5H2,1-3H3;3-6H,2H2,1H3,(H,8,9);5-6H,4H2,1-3H3;5-7H,2-4H2,1H3;6-7H,3-5H2,1-2H3;4-5H,3H2,1-2H3;2*4,6H,3H2,1-2H3;3-5H,2H2,1H3;4-5H,3H2,1-2H3;3-4H,2H2,1H3,(H2,6,7);4-6H,2-3H2,1H3/q;;;;;;;;;;;;;+1;;/t7-,10-;8-,10-;7-,9-;6-,8-;;;5-,6+;5-,7-;6-,7-;4-,5-;2*4-,6-;3-,4-;4-,5-;3-,4+;/m0101..000111001./s1. The van der Waals surface area contributed by atoms with Crippen molar-refractivity contribution in [2.75, 3.05) is 28.3 Å². The number of esters is 1. The summed E-state index contributed by atoms with van der Waals surface area (Å²) in [7, 11) is 8.62. The Bertz CT molecular complexity index is 4140. The highest BCUT2D eigenvalue weighted by molar-refractivity contribution is 5.82. The average molecular weight is 1880 g/mol. The summed E-state index contributed by atoms with van der Waals surface area (Å²) in [5.41, 5.74) is 10.8. The number of nitrogens with two attached hydrogens (primary N) is 1. The molecule has 2 aromatic carbocycles. The van der Waals surface area contributed by atoms with Crippen LogP contribution in [0.15, 0.2) is 104 Å². The topological polar surface area (TPSA) is 233 Å². The van der Waals surface area contributed by atoms with Crippen molar-refractivity contribution in [1.82, 2.24) is 29.6 Å². The molecule has 5 aromatic rings. The molecule has 0 aliphatic heterocycles. The van der Waals surface area contributed by atoms with Crippen molar-refractivity contribution in [2.45, 2.75) is 347 Å². The van der Waals surface area contributed by atoms with Gasteiger partial charge in [0.25, 0.3) is 0 Å². The predicted octanol–water partition coefficient (Wildman–Crippen LogP) is 26.5. The average Bonchev–Trinajstić information content (AvgIpc) is 1.63. The molecule has 134 heavy (non-hydrogen) atoms. The summed E-state index contributed by atoms with van der Waals surface area (Å²) in [5.74, 6) is 20.7. The second-order valence-corrected chi connectivity index (χ2v) is 45.3. The van der Waals surface area contributed by atoms with E-state index in [1.165, 1.54) is 98.4 Å². The van der Waals surface area contributed by atoms with E-state index >= 15 is 0 Å². The van der Waals surface area contributed by atoms with Crippen LogP contribution in [0.25, 0.3) is 0 Å². The quantitative estimate of drug-likeness (QED) is 0.0476. The van der Waals surface area contributed by atoms with E-state index in [0.717, 1.165) is 158 Å². The van der Waals surface area contributed by atoms with Gasteiger partial charge in [-0.25, -0.2) is 18.2 Å². The minimum Gasteiger partial charge on any atom is -0.469 e. The first-order chi connectivity index (χ1) is 62.8. The number of H-pyrrole nitrogens is 1. The van der Waals surface area contributed by atoms with E-state index in [1.807, 2.05) is 91.3 Å². The Hall–Kier alpha value is -7.30. The molecule has 23 heteroatoms. The van der Waals surface area contributed by atoms with Gasteiger partial charge in [-0.3, -0.25) is 33.6 Å². The van der Waals surface area contributed by atoms with Gasteiger partial charge in [-0.1, -0.05) is 193 Å². The highest BCUT2D eigenvalue weighted by Gasteiger charge is 2.53. The Morgan fingerprint density at radius 2 is 0.993 bits per heavy atom. The third kappa shape index (κ3) is 43.4. The van der Waals surface area contributed by atoms with Crippen LogP contribution in [-0.4, -0.2) is 128 Å². The summed E-state index contributed by atoms with van der Waals surface area (Å²) in [5, 5.41) is 12.7. The van der Waals surface area contributed by atoms with E-state index in [1.54, 1.807) is 63.5 Å². The fourth-order valence-corrected chi connectivity index (χ4v) is 17.4. The minimum atomic E-state index is -4.60. The molecular weight excluding hydrogens is 1700 g/mol. The van der Waals surface area contributed by atoms with Crippen LogP contribution in [0.5, 0.6) is 5.75 Å². The number of aliphatic hydroxyl groups excluding tert-OH is 1. The third-order valence-electron chi connectivity index (χ3n) is 30.5. The van der Waals surface area contributed by atoms with Gasteiger partial charge in [-0.05, 0) is 311 Å². The summed E-state index contributed by atoms with van der Waals surface area (Å²) < 4.78 is 82.7. The molecule has 3 aromatic heterocycles. The SMILES string of the molecule is CC(=O)[C@@H]1C[C@H]1C.CC(=O)[C@@H]1C[C@H]1C.CC(C)(C)C1(F)CC1.CC1CC(O)C1.CC1CC1c1cnc[nH]1.CCC[C@H]1C[C@@H]1C.COC(=O)[C@@H]1C[C@H]1C.C[C@@H]1C[C@@H]1C(N)=O.C[C@@H]1C[C@H]1c1ccccc1.C[C@@H]1C[C@H]1c1cnn(C)c1.C[C@H]1C[C@@H]1C(F)F.C[C@H]1C[C@@H]1C1CC1.C[C@H]1C[C@@H]1[N+](C)=O.C[C@H]1C[C@@H]1c1ccc(OC(F)(F)F)cc1.C[C@H]1C[C@@H]1c1cccnc1.C[C@H]1C[C@H]1C(=O)N(C)C. The molecule has 0 bridgehead atoms. The van der Waals surface area contributed by atoms with Crippen molar-refractivity contribution in [1.29, 1.82) is 0 Å². The summed E-state index contributed by atoms with van der Waals surface area (Å²) >= 11 is 0. The molecule has 0 spiro atoms. The molecule has 4 N–H and O–H groups in total. The van der Waals surface area contributed by atoms with Crippen molar-refractivity contribution in [3.63, 3.8) is 0 Å². The number of hydrogen-bond donors (Lipinski definition) is 3. The Morgan fingerprint density at radius 1 is 0.560 bits per heavy atom. The van der Waals surface area contributed by atoms with Crippen molar-refractivity contribution in [3.8, 4) is 5.75 Å². The van der Waals surface area contributed by atoms with E-state index < -0.39 is 18.5 Å². The number of rotatable bonds is 16. The molecular formula is C111H175F6N8O9+. The summed E-state index contributed by atoms with van der Waals surface area (Å²) in [6.07, 6.45) is 31.4. The number of amides is 2. The van der Waals surface area contributed by atoms with Crippen LogP contribution in [-0.2, 0) is 35.8 Å². The van der Waals surface area contributed by atoms with Gasteiger partial charge in [-0.15, -0.1) is 13.2 Å². The zero-order valence-electron chi connectivity index (χ0n) is 86.6. The maximum absolute atomic E-state index is 13.0. The summed E-state index contributed by atoms with van der Waals surface area (Å²) in [6, 6.07) is 21.5. The predicted molar refractivity (Wildman–Crippen MR) is 525 cm³/mol. The lowest BCUT2D eigenvalue weighted by Crippen LogP contribution is -2.25. The number of benzene rings is 2. The van der Waals surface area contributed by atoms with Crippen LogP contribution in [0, 0.1) is 152 Å². The number of alkyl halides is 6. The van der Waals surface area contributed by atoms with Gasteiger partial charge in [0.15, 0.2) is 7.05 Å². The number of hydrogen-bond acceptors (Lipinski definition) is 12. The van der Waals surface area contributed by atoms with Crippen molar-refractivity contribution >= 4 is 29.4 Å². The van der Waals surface area contributed by atoms with Gasteiger partial charge < -0.3 is 30.2 Å². The van der Waals surface area contributed by atoms with Crippen LogP contribution >= 0.6 is 0 Å². The number of Topliss-reactive ketones (excluding diaryl/α,β-unsaturated/α-hetero) is 2. The number of nitroso groups, excluding NO2 is 1. The van der Waals surface area contributed by atoms with Crippen molar-refractivity contribution < 1.29 is 69.7 Å². The first kappa shape index (κ1) is 114. The van der Waals surface area contributed by atoms with E-state index in [4.69, 9.17) is 10.8 Å². The van der Waals surface area contributed by atoms with Crippen LogP contribution < -0.4 is 10.5 Å². The fourth-order valence-electron chi connectivity index (χ4n) is 17.4. The number of carbonyl (C=O) groups is 5. The Balaban J connectivity index is 0.000000196. The molecule has 17 nitrogen and oxygen atoms in total. The molecule has 0 saturated heterocycles. The number of aromatic amines is 1. The number of methoxy groups -OCH3 is 1. The van der Waals surface area contributed by atoms with E-state index in [2.05, 4.69) is 169 Å². The van der Waals surface area contributed by atoms with E-state index in [9.17, 15) is 55.2 Å². The number of aryl methyl sites for hydroxylation is 1. The second kappa shape index (κ2) is 52.1. The van der Waals surface area contributed by atoms with Crippen LogP contribution in [0.2, 0.25) is 0 Å². The smallest absolute Gasteiger partial charge is 0.469 e. The lowest BCUT2D eigenvalue weighted by molar-refractivity contribution is -0.536. The number of ether oxygens (including phenoxy) is 2. The number of aliphatic hydroxyl groups is 1. The lowest BCUT2D eigenvalue weighted by Gasteiger charge is -2.27. The van der Waals surface area contributed by atoms with Crippen LogP contribution in [0.4, 0.5) is 26.3 Å². The number of aromatic nitrogens is 5. The van der Waals surface area contributed by atoms with Gasteiger partial charge in [0.1, 0.15) is 23.0 Å². The molecule has 17 aliphatic rings. The van der Waals surface area contributed by atoms with Crippen molar-refractivity contribution in [3.05, 3.63) is 137 Å². The Kier molecular flexibility index (Phi) is 44.2. The molecule has 17 aliphatic carbocycles. The van der Waals surface area contributed by atoms with E-state index in [0.29, 0.717) is 94.5 Å². The molecule has 3 heterocycles. The Morgan fingerprint density at radius 3 is 1.19 bits per heavy atom. The minimum absolute atomic E-state index is 0.0417. The van der Waals surface area contributed by atoms with Crippen LogP contribution in [0.3, 0.4) is 0 Å². The van der Waals surface area contributed by atoms with Gasteiger partial charge in [0.05, 0.1) is 31.7 Å². The highest BCUT2D eigenvalue weighted by atomic mass is 19.4. The zero-order valence-corrected chi connectivity index (χ0v) is 86.6. The third-order valence-corrected chi connectivity index (χ3v) is 30.5. The second-order valence-electron chi connectivity index (χ2n) is 45.3. The number of pyridine rings is 1. The number of nitrogens with one attached hydrogen (secondary N) is 1. The van der Waals surface area contributed by atoms with Gasteiger partial charge in [0, 0.05) is 104 Å². The largest absolute Gasteiger partial charge is 0.573 e. The normalized spacial score (nSPS) is 34.1. The number of halogens is 6. The van der Waals surface area contributed by atoms with Gasteiger partial charge in [0.2, 0.25) is 24.3 Å². The number of imidazole rings is 1. The molecule has 17 saturated carbocycles. The molecule has 2 unspecified atom stereocenters. The van der Waals surface area contributed by atoms with Crippen molar-refractivity contribution in [2.24, 2.45) is 160 Å². The highest BCUT2D eigenvalue weighted by Crippen LogP contribution is 2.56. The summed E-state index contributed by atoms with van der Waals surface area (Å²) in [6.45, 7) is 44.1. The molecule has 0 radical (unpaired) electrons. The zero-order chi connectivity index (χ0) is 99.9. The lowest BCUT2D eigenvalue weighted by atomic mass is 9.84. The molecule has 2 amide bonds. The first-order valence-electron chi connectivity index (χ1n) is 51.2. The number of ketones is 2. The molecule has 22 rings (SSSR count). The number of primary amides is 1. The molecule has 28 atom stereocenters. The maximum Gasteiger partial charge on any atom is 0.573 e.